The Bertz CT molecular complexity index is 2360. The van der Waals surface area contributed by atoms with Gasteiger partial charge >= 0.3 is 0 Å². The number of benzene rings is 2. The lowest BCUT2D eigenvalue weighted by Gasteiger charge is -2.14. The van der Waals surface area contributed by atoms with Crippen molar-refractivity contribution in [2.24, 2.45) is 0 Å². The summed E-state index contributed by atoms with van der Waals surface area (Å²) in [5.41, 5.74) is 7.06. The van der Waals surface area contributed by atoms with E-state index in [9.17, 15) is 10.5 Å². The van der Waals surface area contributed by atoms with E-state index in [4.69, 9.17) is 23.2 Å². The number of likely N-dealkylation sites (tertiary alicyclic amines) is 2. The van der Waals surface area contributed by atoms with Crippen LogP contribution in [0.1, 0.15) is 66.6 Å². The highest BCUT2D eigenvalue weighted by molar-refractivity contribution is 8.06. The van der Waals surface area contributed by atoms with Crippen molar-refractivity contribution in [3.63, 3.8) is 0 Å². The zero-order valence-corrected chi connectivity index (χ0v) is 37.2. The molecule has 0 unspecified atom stereocenters. The lowest BCUT2D eigenvalue weighted by molar-refractivity contribution is 0.337. The number of rotatable bonds is 14. The monoisotopic (exact) mass is 890 g/mol. The van der Waals surface area contributed by atoms with E-state index in [1.54, 1.807) is 18.5 Å². The average Bonchev–Trinajstić information content (AvgIpc) is 4.14. The van der Waals surface area contributed by atoms with E-state index in [1.165, 1.54) is 75.4 Å². The number of hydrogen-bond donors (Lipinski definition) is 4. The Hall–Kier alpha value is -5.06. The Morgan fingerprint density at radius 3 is 1.69 bits per heavy atom. The van der Waals surface area contributed by atoms with Crippen molar-refractivity contribution in [3.05, 3.63) is 126 Å². The SMILES string of the molecule is Cc1cnc(NCCCN2CCCC2)nc1C(C#N)=C1NC(c2ccc(Cl)cc2)=CS1.N#CC(=C1NC(c2ccc(Cl)cc2)=CS1)c1ccnc(NCCCN2CCCC2)n1. The molecule has 2 saturated heterocycles. The van der Waals surface area contributed by atoms with Gasteiger partial charge in [0.05, 0.1) is 32.8 Å². The summed E-state index contributed by atoms with van der Waals surface area (Å²) in [4.78, 5) is 22.9. The van der Waals surface area contributed by atoms with Gasteiger partial charge in [0.15, 0.2) is 0 Å². The van der Waals surface area contributed by atoms with Crippen LogP contribution in [-0.4, -0.2) is 82.1 Å². The fourth-order valence-corrected chi connectivity index (χ4v) is 9.18. The van der Waals surface area contributed by atoms with Gasteiger partial charge in [0, 0.05) is 46.3 Å². The van der Waals surface area contributed by atoms with Gasteiger partial charge in [-0.1, -0.05) is 71.0 Å². The fourth-order valence-electron chi connectivity index (χ4n) is 7.20. The van der Waals surface area contributed by atoms with E-state index >= 15 is 0 Å². The molecule has 0 atom stereocenters. The molecule has 16 heteroatoms. The first-order chi connectivity index (χ1) is 29.9. The summed E-state index contributed by atoms with van der Waals surface area (Å²) in [5.74, 6) is 1.11. The minimum Gasteiger partial charge on any atom is -0.354 e. The molecule has 4 aliphatic heterocycles. The maximum absolute atomic E-state index is 9.90. The van der Waals surface area contributed by atoms with Crippen LogP contribution in [0.25, 0.3) is 22.5 Å². The number of halogens is 2. The van der Waals surface area contributed by atoms with Crippen LogP contribution in [-0.2, 0) is 0 Å². The molecule has 0 spiro atoms. The summed E-state index contributed by atoms with van der Waals surface area (Å²) < 4.78 is 0. The molecule has 2 aromatic carbocycles. The topological polar surface area (TPSA) is 154 Å². The highest BCUT2D eigenvalue weighted by Crippen LogP contribution is 2.37. The van der Waals surface area contributed by atoms with E-state index in [2.05, 4.69) is 63.1 Å². The predicted octanol–water partition coefficient (Wildman–Crippen LogP) is 9.42. The summed E-state index contributed by atoms with van der Waals surface area (Å²) in [6.45, 7) is 10.6. The van der Waals surface area contributed by atoms with Crippen molar-refractivity contribution in [3.8, 4) is 12.1 Å². The van der Waals surface area contributed by atoms with E-state index in [0.29, 0.717) is 44.5 Å². The Morgan fingerprint density at radius 1 is 0.689 bits per heavy atom. The van der Waals surface area contributed by atoms with Crippen molar-refractivity contribution in [1.29, 1.82) is 10.5 Å². The third-order valence-electron chi connectivity index (χ3n) is 10.5. The van der Waals surface area contributed by atoms with Gasteiger partial charge in [-0.3, -0.25) is 0 Å². The van der Waals surface area contributed by atoms with Gasteiger partial charge in [-0.2, -0.15) is 10.5 Å². The number of aryl methyl sites for hydroxylation is 1. The molecule has 4 N–H and O–H groups in total. The third-order valence-corrected chi connectivity index (χ3v) is 12.8. The quantitative estimate of drug-likeness (QED) is 0.0702. The normalized spacial score (nSPS) is 17.9. The molecule has 0 radical (unpaired) electrons. The number of anilines is 2. The van der Waals surface area contributed by atoms with Gasteiger partial charge in [0.2, 0.25) is 11.9 Å². The van der Waals surface area contributed by atoms with E-state index in [0.717, 1.165) is 77.2 Å². The van der Waals surface area contributed by atoms with Crippen LogP contribution < -0.4 is 21.3 Å². The Kier molecular flexibility index (Phi) is 16.0. The first-order valence-corrected chi connectivity index (χ1v) is 23.1. The van der Waals surface area contributed by atoms with Gasteiger partial charge in [-0.25, -0.2) is 19.9 Å². The summed E-state index contributed by atoms with van der Waals surface area (Å²) >= 11 is 14.9. The van der Waals surface area contributed by atoms with Crippen LogP contribution in [0.3, 0.4) is 0 Å². The Morgan fingerprint density at radius 2 is 1.18 bits per heavy atom. The molecule has 314 valence electrons. The second-order valence-corrected chi connectivity index (χ2v) is 17.5. The molecular weight excluding hydrogens is 844 g/mol. The molecule has 61 heavy (non-hydrogen) atoms. The van der Waals surface area contributed by atoms with Crippen molar-refractivity contribution >= 4 is 81.2 Å². The molecule has 0 aliphatic carbocycles. The van der Waals surface area contributed by atoms with Crippen molar-refractivity contribution in [2.45, 2.75) is 45.4 Å². The lowest BCUT2D eigenvalue weighted by Crippen LogP contribution is -2.22. The van der Waals surface area contributed by atoms with E-state index in [-0.39, 0.29) is 0 Å². The van der Waals surface area contributed by atoms with Crippen LogP contribution in [0, 0.1) is 29.6 Å². The molecular formula is C45H48Cl2N12S2. The molecule has 2 fully saturated rings. The van der Waals surface area contributed by atoms with Crippen molar-refractivity contribution in [2.75, 3.05) is 63.0 Å². The first-order valence-electron chi connectivity index (χ1n) is 20.5. The zero-order valence-electron chi connectivity index (χ0n) is 34.1. The van der Waals surface area contributed by atoms with Crippen LogP contribution in [0.2, 0.25) is 10.0 Å². The molecule has 0 saturated carbocycles. The van der Waals surface area contributed by atoms with Crippen molar-refractivity contribution < 1.29 is 0 Å². The average molecular weight is 892 g/mol. The zero-order chi connectivity index (χ0) is 42.4. The molecule has 6 heterocycles. The van der Waals surface area contributed by atoms with Gasteiger partial charge in [0.1, 0.15) is 23.3 Å². The van der Waals surface area contributed by atoms with Crippen LogP contribution in [0.5, 0.6) is 0 Å². The second kappa shape index (κ2) is 22.2. The number of nitriles is 2. The highest BCUT2D eigenvalue weighted by Gasteiger charge is 2.22. The Labute approximate surface area is 376 Å². The predicted molar refractivity (Wildman–Crippen MR) is 252 cm³/mol. The standard InChI is InChI=1S/C23H25ClN6S.C22H23ClN6S/c1-16-14-27-23(26-9-4-12-30-10-2-3-11-30)29-21(16)19(13-25)22-28-20(15-31-22)17-5-7-18(24)8-6-17;23-17-6-4-16(5-7-17)20-15-30-21(27-20)18(14-24)19-8-10-26-22(28-19)25-9-3-13-29-11-1-2-12-29/h5-8,14-15,28H,2-4,9-12H2,1H3,(H,26,27,29);4-8,10,15,27H,1-3,9,11-13H2,(H,25,26,28). The van der Waals surface area contributed by atoms with Gasteiger partial charge in [0.25, 0.3) is 0 Å². The minimum absolute atomic E-state index is 0.503. The highest BCUT2D eigenvalue weighted by atomic mass is 35.5. The summed E-state index contributed by atoms with van der Waals surface area (Å²) in [7, 11) is 0. The summed E-state index contributed by atoms with van der Waals surface area (Å²) in [5, 5.41) is 39.9. The maximum atomic E-state index is 9.90. The molecule has 12 nitrogen and oxygen atoms in total. The number of allylic oxidation sites excluding steroid dienone is 2. The van der Waals surface area contributed by atoms with E-state index in [1.807, 2.05) is 66.3 Å². The molecule has 8 rings (SSSR count). The maximum Gasteiger partial charge on any atom is 0.223 e. The fraction of sp³-hybridized carbons (Fsp3) is 0.333. The van der Waals surface area contributed by atoms with Crippen LogP contribution in [0.4, 0.5) is 11.9 Å². The number of nitrogens with one attached hydrogen (secondary N) is 4. The Balaban J connectivity index is 0.000000184. The third kappa shape index (κ3) is 12.3. The molecule has 2 aromatic heterocycles. The number of aromatic nitrogens is 4. The summed E-state index contributed by atoms with van der Waals surface area (Å²) in [6, 6.07) is 21.6. The van der Waals surface area contributed by atoms with Gasteiger partial charge in [-0.05, 0) is 132 Å². The molecule has 4 aromatic rings. The largest absolute Gasteiger partial charge is 0.354 e. The van der Waals surface area contributed by atoms with Crippen LogP contribution in [0.15, 0.2) is 87.9 Å². The van der Waals surface area contributed by atoms with Crippen LogP contribution >= 0.6 is 46.7 Å². The lowest BCUT2D eigenvalue weighted by atomic mass is 10.1. The second-order valence-electron chi connectivity index (χ2n) is 14.8. The van der Waals surface area contributed by atoms with Gasteiger partial charge in [-0.15, -0.1) is 0 Å². The minimum atomic E-state index is 0.503. The molecule has 0 amide bonds. The summed E-state index contributed by atoms with van der Waals surface area (Å²) in [6.07, 6.45) is 10.8. The van der Waals surface area contributed by atoms with Gasteiger partial charge < -0.3 is 31.1 Å². The number of thioether (sulfide) groups is 2. The van der Waals surface area contributed by atoms with E-state index < -0.39 is 0 Å². The molecule has 0 bridgehead atoms. The number of nitrogens with zero attached hydrogens (tertiary/aromatic N) is 8. The first kappa shape index (κ1) is 44.0. The molecule has 4 aliphatic rings. The smallest absolute Gasteiger partial charge is 0.223 e. The van der Waals surface area contributed by atoms with Crippen molar-refractivity contribution in [1.82, 2.24) is 40.4 Å². The number of hydrogen-bond acceptors (Lipinski definition) is 14.